The van der Waals surface area contributed by atoms with Gasteiger partial charge in [0.2, 0.25) is 0 Å². The summed E-state index contributed by atoms with van der Waals surface area (Å²) in [6.45, 7) is 8.43. The summed E-state index contributed by atoms with van der Waals surface area (Å²) in [4.78, 5) is 4.72. The lowest BCUT2D eigenvalue weighted by Crippen LogP contribution is -2.39. The lowest BCUT2D eigenvalue weighted by Gasteiger charge is -2.17. The normalized spacial score (nSPS) is 15.2. The largest absolute Gasteiger partial charge is 0.370 e. The van der Waals surface area contributed by atoms with E-state index in [1.54, 1.807) is 30.3 Å². The zero-order chi connectivity index (χ0) is 18.9. The molecule has 0 fully saturated rings. The molecule has 1 aromatic carbocycles. The molecule has 1 aromatic rings. The summed E-state index contributed by atoms with van der Waals surface area (Å²) >= 11 is 0. The molecule has 0 aliphatic rings. The number of rotatable bonds is 10. The molecule has 6 heteroatoms. The summed E-state index contributed by atoms with van der Waals surface area (Å²) < 4.78 is 25.0. The Morgan fingerprint density at radius 1 is 1.16 bits per heavy atom. The van der Waals surface area contributed by atoms with E-state index >= 15 is 0 Å². The summed E-state index contributed by atoms with van der Waals surface area (Å²) in [6.07, 6.45) is 3.97. The molecule has 0 aromatic heterocycles. The Labute approximate surface area is 153 Å². The lowest BCUT2D eigenvalue weighted by atomic mass is 10.0. The van der Waals surface area contributed by atoms with Crippen LogP contribution in [-0.4, -0.2) is 32.2 Å². The Bertz CT molecular complexity index is 627. The van der Waals surface area contributed by atoms with Crippen LogP contribution in [0.15, 0.2) is 40.2 Å². The molecular formula is C19H33N3O2S. The van der Waals surface area contributed by atoms with Gasteiger partial charge in [0, 0.05) is 6.04 Å². The zero-order valence-electron chi connectivity index (χ0n) is 15.9. The van der Waals surface area contributed by atoms with E-state index < -0.39 is 9.84 Å². The maximum atomic E-state index is 12.5. The number of nitrogens with zero attached hydrogens (tertiary/aromatic N) is 1. The summed E-state index contributed by atoms with van der Waals surface area (Å²) in [7, 11) is -3.36. The minimum Gasteiger partial charge on any atom is -0.370 e. The first-order valence-corrected chi connectivity index (χ1v) is 10.8. The summed E-state index contributed by atoms with van der Waals surface area (Å²) in [5.74, 6) is 0.996. The first-order valence-electron chi connectivity index (χ1n) is 9.12. The molecule has 2 unspecified atom stereocenters. The van der Waals surface area contributed by atoms with Crippen molar-refractivity contribution >= 4 is 15.8 Å². The van der Waals surface area contributed by atoms with Crippen LogP contribution in [-0.2, 0) is 9.84 Å². The van der Waals surface area contributed by atoms with E-state index in [0.29, 0.717) is 23.2 Å². The molecule has 0 spiro atoms. The highest BCUT2D eigenvalue weighted by Gasteiger charge is 2.20. The molecule has 142 valence electrons. The summed E-state index contributed by atoms with van der Waals surface area (Å²) in [5.41, 5.74) is 5.98. The molecule has 5 nitrogen and oxygen atoms in total. The highest BCUT2D eigenvalue weighted by atomic mass is 32.2. The summed E-state index contributed by atoms with van der Waals surface area (Å²) in [5, 5.41) is 3.18. The fraction of sp³-hybridized carbons (Fsp3) is 0.632. The maximum absolute atomic E-state index is 12.5. The number of nitrogens with two attached hydrogens (primary N) is 1. The van der Waals surface area contributed by atoms with E-state index in [1.165, 1.54) is 6.42 Å². The lowest BCUT2D eigenvalue weighted by molar-refractivity contribution is 0.493. The molecular weight excluding hydrogens is 334 g/mol. The van der Waals surface area contributed by atoms with E-state index in [4.69, 9.17) is 5.73 Å². The minimum atomic E-state index is -3.36. The van der Waals surface area contributed by atoms with E-state index in [9.17, 15) is 8.42 Å². The average molecular weight is 368 g/mol. The highest BCUT2D eigenvalue weighted by Crippen LogP contribution is 2.14. The molecule has 0 heterocycles. The van der Waals surface area contributed by atoms with Gasteiger partial charge in [0.1, 0.15) is 0 Å². The van der Waals surface area contributed by atoms with E-state index in [0.717, 1.165) is 12.8 Å². The van der Waals surface area contributed by atoms with Crippen molar-refractivity contribution in [1.29, 1.82) is 0 Å². The zero-order valence-corrected chi connectivity index (χ0v) is 16.7. The first kappa shape index (κ1) is 21.5. The third-order valence-electron chi connectivity index (χ3n) is 4.12. The quantitative estimate of drug-likeness (QED) is 0.490. The number of guanidine groups is 1. The number of sulfone groups is 1. The van der Waals surface area contributed by atoms with Crippen LogP contribution in [0.25, 0.3) is 0 Å². The molecule has 0 radical (unpaired) electrons. The molecule has 3 N–H and O–H groups in total. The number of nitrogens with one attached hydrogen (secondary N) is 1. The second kappa shape index (κ2) is 10.4. The fourth-order valence-electron chi connectivity index (χ4n) is 2.61. The Balaban J connectivity index is 2.62. The van der Waals surface area contributed by atoms with Crippen LogP contribution in [0.3, 0.4) is 0 Å². The van der Waals surface area contributed by atoms with Crippen LogP contribution in [0, 0.1) is 5.92 Å². The van der Waals surface area contributed by atoms with Gasteiger partial charge in [-0.3, -0.25) is 0 Å². The van der Waals surface area contributed by atoms with Crippen molar-refractivity contribution in [2.45, 2.75) is 70.4 Å². The van der Waals surface area contributed by atoms with Gasteiger partial charge in [-0.05, 0) is 37.8 Å². The number of hydrogen-bond acceptors (Lipinski definition) is 3. The van der Waals surface area contributed by atoms with Gasteiger partial charge in [0.15, 0.2) is 15.8 Å². The van der Waals surface area contributed by atoms with Gasteiger partial charge in [-0.2, -0.15) is 0 Å². The van der Waals surface area contributed by atoms with Crippen molar-refractivity contribution in [3.63, 3.8) is 0 Å². The average Bonchev–Trinajstić information content (AvgIpc) is 2.54. The van der Waals surface area contributed by atoms with Gasteiger partial charge in [-0.15, -0.1) is 0 Å². The van der Waals surface area contributed by atoms with Crippen LogP contribution < -0.4 is 11.1 Å². The van der Waals surface area contributed by atoms with Gasteiger partial charge in [-0.25, -0.2) is 13.4 Å². The van der Waals surface area contributed by atoms with Crippen LogP contribution in [0.4, 0.5) is 0 Å². The molecule has 0 amide bonds. The van der Waals surface area contributed by atoms with E-state index in [-0.39, 0.29) is 17.8 Å². The first-order chi connectivity index (χ1) is 11.7. The predicted molar refractivity (Wildman–Crippen MR) is 105 cm³/mol. The molecule has 0 aliphatic carbocycles. The van der Waals surface area contributed by atoms with Crippen LogP contribution >= 0.6 is 0 Å². The Morgan fingerprint density at radius 3 is 2.36 bits per heavy atom. The van der Waals surface area contributed by atoms with Gasteiger partial charge in [0.25, 0.3) is 0 Å². The van der Waals surface area contributed by atoms with E-state index in [2.05, 4.69) is 31.1 Å². The van der Waals surface area contributed by atoms with Crippen molar-refractivity contribution in [3.8, 4) is 0 Å². The maximum Gasteiger partial charge on any atom is 0.189 e. The number of benzene rings is 1. The third-order valence-corrected chi connectivity index (χ3v) is 5.93. The standard InChI is InChI=1S/C19H33N3O2S/c1-5-17(14-25(23,24)18-12-7-6-8-13-18)22-19(20)21-16(4)11-9-10-15(2)3/h6-8,12-13,15-17H,5,9-11,14H2,1-4H3,(H3,20,21,22). The molecule has 0 aliphatic heterocycles. The Morgan fingerprint density at radius 2 is 1.80 bits per heavy atom. The molecule has 0 saturated carbocycles. The second-order valence-corrected chi connectivity index (χ2v) is 9.08. The van der Waals surface area contributed by atoms with Crippen molar-refractivity contribution in [2.24, 2.45) is 16.6 Å². The van der Waals surface area contributed by atoms with Crippen molar-refractivity contribution in [1.82, 2.24) is 5.32 Å². The highest BCUT2D eigenvalue weighted by molar-refractivity contribution is 7.91. The van der Waals surface area contributed by atoms with Gasteiger partial charge in [0.05, 0.1) is 16.7 Å². The monoisotopic (exact) mass is 367 g/mol. The molecule has 1 rings (SSSR count). The number of hydrogen-bond donors (Lipinski definition) is 2. The predicted octanol–water partition coefficient (Wildman–Crippen LogP) is 3.36. The fourth-order valence-corrected chi connectivity index (χ4v) is 4.20. The van der Waals surface area contributed by atoms with E-state index in [1.807, 2.05) is 6.92 Å². The van der Waals surface area contributed by atoms with Crippen molar-refractivity contribution in [2.75, 3.05) is 5.75 Å². The van der Waals surface area contributed by atoms with Crippen LogP contribution in [0.5, 0.6) is 0 Å². The van der Waals surface area contributed by atoms with Crippen LogP contribution in [0.2, 0.25) is 0 Å². The summed E-state index contributed by atoms with van der Waals surface area (Å²) in [6, 6.07) is 8.37. The SMILES string of the molecule is CCC(CS(=O)(=O)c1ccccc1)N=C(N)NC(C)CCCC(C)C. The molecule has 25 heavy (non-hydrogen) atoms. The van der Waals surface area contributed by atoms with Crippen LogP contribution in [0.1, 0.15) is 53.4 Å². The van der Waals surface area contributed by atoms with Crippen molar-refractivity contribution in [3.05, 3.63) is 30.3 Å². The third kappa shape index (κ3) is 8.38. The Kier molecular flexibility index (Phi) is 8.97. The topological polar surface area (TPSA) is 84.5 Å². The second-order valence-electron chi connectivity index (χ2n) is 7.04. The minimum absolute atomic E-state index is 0.0301. The molecule has 0 saturated heterocycles. The number of aliphatic imine (C=N–C) groups is 1. The molecule has 0 bridgehead atoms. The van der Waals surface area contributed by atoms with Crippen molar-refractivity contribution < 1.29 is 8.42 Å². The smallest absolute Gasteiger partial charge is 0.189 e. The van der Waals surface area contributed by atoms with Gasteiger partial charge < -0.3 is 11.1 Å². The Hall–Kier alpha value is -1.56. The molecule has 2 atom stereocenters. The van der Waals surface area contributed by atoms with Gasteiger partial charge >= 0.3 is 0 Å². The van der Waals surface area contributed by atoms with Gasteiger partial charge in [-0.1, -0.05) is 51.8 Å².